The quantitative estimate of drug-likeness (QED) is 0.0529. The first kappa shape index (κ1) is 42.4. The highest BCUT2D eigenvalue weighted by atomic mass is 32.1. The van der Waals surface area contributed by atoms with Gasteiger partial charge in [-0.15, -0.1) is 0 Å². The summed E-state index contributed by atoms with van der Waals surface area (Å²) < 4.78 is 0. The molecule has 0 aliphatic carbocycles. The summed E-state index contributed by atoms with van der Waals surface area (Å²) in [4.78, 5) is 90.6. The molecule has 0 radical (unpaired) electrons. The molecule has 16 nitrogen and oxygen atoms in total. The van der Waals surface area contributed by atoms with Gasteiger partial charge in [0.05, 0.1) is 12.5 Å². The number of nitrogens with two attached hydrogens (primary N) is 1. The number of unbranched alkanes of at least 4 members (excludes halogenated alkanes) is 1. The molecule has 53 heavy (non-hydrogen) atoms. The van der Waals surface area contributed by atoms with Gasteiger partial charge in [0.1, 0.15) is 30.2 Å². The monoisotopic (exact) mass is 755 g/mol. The van der Waals surface area contributed by atoms with E-state index in [0.717, 1.165) is 12.0 Å². The molecule has 17 heteroatoms. The molecule has 0 spiro atoms. The SMILES string of the molecule is NCCCC[C@H](NC(=O)[C@H](CC(=O)O)NC(=O)[C@H](CS)NC(=O)[C@H](Cc1ccccc1)NC(=O)[C@@H]1CCCN1)C(=O)N[C@@H](Cc1ccccc1)C(=O)O. The van der Waals surface area contributed by atoms with Crippen LogP contribution in [0.25, 0.3) is 0 Å². The fourth-order valence-electron chi connectivity index (χ4n) is 5.72. The number of hydrogen-bond acceptors (Lipinski definition) is 10. The molecule has 1 aliphatic heterocycles. The van der Waals surface area contributed by atoms with Gasteiger partial charge in [-0.25, -0.2) is 4.79 Å². The molecule has 3 rings (SSSR count). The Hall–Kier alpha value is -5.00. The van der Waals surface area contributed by atoms with Crippen LogP contribution >= 0.6 is 12.6 Å². The van der Waals surface area contributed by atoms with Crippen LogP contribution in [0, 0.1) is 0 Å². The third-order valence-corrected chi connectivity index (χ3v) is 8.96. The van der Waals surface area contributed by atoms with Crippen LogP contribution in [0.3, 0.4) is 0 Å². The molecule has 0 aromatic heterocycles. The number of rotatable bonds is 22. The Morgan fingerprint density at radius 3 is 1.74 bits per heavy atom. The summed E-state index contributed by atoms with van der Waals surface area (Å²) in [6.45, 7) is 0.951. The Morgan fingerprint density at radius 2 is 1.21 bits per heavy atom. The molecule has 10 N–H and O–H groups in total. The van der Waals surface area contributed by atoms with Gasteiger partial charge in [-0.2, -0.15) is 12.6 Å². The molecular formula is C36H49N7O9S. The number of carbonyl (C=O) groups excluding carboxylic acids is 5. The van der Waals surface area contributed by atoms with Crippen LogP contribution in [0.1, 0.15) is 49.7 Å². The van der Waals surface area contributed by atoms with Crippen molar-refractivity contribution in [2.45, 2.75) is 87.6 Å². The molecule has 1 saturated heterocycles. The average Bonchev–Trinajstić information content (AvgIpc) is 3.69. The van der Waals surface area contributed by atoms with Gasteiger partial charge in [0.15, 0.2) is 0 Å². The minimum absolute atomic E-state index is 0.0345. The second kappa shape index (κ2) is 22.2. The van der Waals surface area contributed by atoms with Crippen LogP contribution in [-0.2, 0) is 46.4 Å². The number of carboxylic acid groups (broad SMARTS) is 2. The topological polar surface area (TPSA) is 258 Å². The van der Waals surface area contributed by atoms with Crippen LogP contribution in [0.5, 0.6) is 0 Å². The predicted octanol–water partition coefficient (Wildman–Crippen LogP) is -0.734. The maximum absolute atomic E-state index is 13.5. The van der Waals surface area contributed by atoms with E-state index in [1.54, 1.807) is 60.7 Å². The standard InChI is InChI=1S/C36H49N7O9S/c37-16-8-7-14-25(32(47)42-28(36(51)52)19-23-12-5-2-6-13-23)39-34(49)27(20-30(44)45)41-35(50)29(21-53)43-33(48)26(18-22-10-3-1-4-11-22)40-31(46)24-15-9-17-38-24/h1-6,10-13,24-29,38,53H,7-9,14-21,37H2,(H,39,49)(H,40,46)(H,41,50)(H,42,47)(H,43,48)(H,44,45)(H,51,52)/t24-,25-,26-,27-,28-,29-/m0/s1. The zero-order valence-electron chi connectivity index (χ0n) is 29.3. The van der Waals surface area contributed by atoms with Crippen molar-refractivity contribution in [3.05, 3.63) is 71.8 Å². The van der Waals surface area contributed by atoms with E-state index in [1.165, 1.54) is 0 Å². The smallest absolute Gasteiger partial charge is 0.326 e. The number of aliphatic carboxylic acids is 2. The number of hydrogen-bond donors (Lipinski definition) is 10. The number of thiol groups is 1. The molecule has 1 fully saturated rings. The van der Waals surface area contributed by atoms with Crippen LogP contribution in [0.4, 0.5) is 0 Å². The fraction of sp³-hybridized carbons (Fsp3) is 0.472. The lowest BCUT2D eigenvalue weighted by atomic mass is 10.0. The predicted molar refractivity (Wildman–Crippen MR) is 198 cm³/mol. The van der Waals surface area contributed by atoms with Crippen LogP contribution < -0.4 is 37.6 Å². The number of amides is 5. The third-order valence-electron chi connectivity index (χ3n) is 8.60. The molecular weight excluding hydrogens is 707 g/mol. The van der Waals surface area contributed by atoms with Crippen molar-refractivity contribution >= 4 is 54.1 Å². The van der Waals surface area contributed by atoms with Crippen molar-refractivity contribution in [2.75, 3.05) is 18.8 Å². The Kier molecular flexibility index (Phi) is 17.7. The van der Waals surface area contributed by atoms with E-state index in [9.17, 15) is 43.8 Å². The van der Waals surface area contributed by atoms with Crippen molar-refractivity contribution in [3.8, 4) is 0 Å². The molecule has 288 valence electrons. The summed E-state index contributed by atoms with van der Waals surface area (Å²) in [5.74, 6) is -6.85. The van der Waals surface area contributed by atoms with Crippen molar-refractivity contribution in [1.82, 2.24) is 31.9 Å². The maximum Gasteiger partial charge on any atom is 0.326 e. The minimum Gasteiger partial charge on any atom is -0.481 e. The Morgan fingerprint density at radius 1 is 0.698 bits per heavy atom. The van der Waals surface area contributed by atoms with Crippen molar-refractivity contribution in [3.63, 3.8) is 0 Å². The third kappa shape index (κ3) is 14.5. The molecule has 5 amide bonds. The summed E-state index contributed by atoms with van der Waals surface area (Å²) in [7, 11) is 0. The number of benzene rings is 2. The van der Waals surface area contributed by atoms with E-state index in [1.807, 2.05) is 0 Å². The Bertz CT molecular complexity index is 1540. The summed E-state index contributed by atoms with van der Waals surface area (Å²) in [5.41, 5.74) is 7.00. The number of nitrogens with one attached hydrogen (secondary N) is 6. The molecule has 1 heterocycles. The van der Waals surface area contributed by atoms with Crippen molar-refractivity contribution < 1.29 is 43.8 Å². The van der Waals surface area contributed by atoms with Crippen LogP contribution in [-0.4, -0.2) is 107 Å². The van der Waals surface area contributed by atoms with E-state index in [0.29, 0.717) is 31.4 Å². The van der Waals surface area contributed by atoms with E-state index in [-0.39, 0.29) is 37.5 Å². The highest BCUT2D eigenvalue weighted by Crippen LogP contribution is 2.10. The molecule has 0 unspecified atom stereocenters. The lowest BCUT2D eigenvalue weighted by Crippen LogP contribution is -2.60. The first-order valence-corrected chi connectivity index (χ1v) is 18.1. The zero-order valence-corrected chi connectivity index (χ0v) is 30.2. The van der Waals surface area contributed by atoms with Gasteiger partial charge in [0.2, 0.25) is 29.5 Å². The van der Waals surface area contributed by atoms with E-state index < -0.39 is 78.2 Å². The Labute approximate surface area is 313 Å². The number of carbonyl (C=O) groups is 7. The van der Waals surface area contributed by atoms with Crippen LogP contribution in [0.15, 0.2) is 60.7 Å². The first-order chi connectivity index (χ1) is 25.4. The summed E-state index contributed by atoms with van der Waals surface area (Å²) in [5, 5.41) is 35.0. The highest BCUT2D eigenvalue weighted by molar-refractivity contribution is 7.80. The van der Waals surface area contributed by atoms with Gasteiger partial charge in [0.25, 0.3) is 0 Å². The largest absolute Gasteiger partial charge is 0.481 e. The van der Waals surface area contributed by atoms with Crippen LogP contribution in [0.2, 0.25) is 0 Å². The normalized spacial score (nSPS) is 16.5. The lowest BCUT2D eigenvalue weighted by molar-refractivity contribution is -0.143. The van der Waals surface area contributed by atoms with Gasteiger partial charge < -0.3 is 47.8 Å². The second-order valence-corrected chi connectivity index (χ2v) is 13.1. The van der Waals surface area contributed by atoms with Gasteiger partial charge in [0, 0.05) is 18.6 Å². The number of carboxylic acids is 2. The van der Waals surface area contributed by atoms with Gasteiger partial charge >= 0.3 is 11.9 Å². The van der Waals surface area contributed by atoms with Gasteiger partial charge in [-0.1, -0.05) is 60.7 Å². The molecule has 2 aromatic carbocycles. The Balaban J connectivity index is 1.73. The zero-order chi connectivity index (χ0) is 38.8. The maximum atomic E-state index is 13.5. The molecule has 6 atom stereocenters. The van der Waals surface area contributed by atoms with E-state index in [4.69, 9.17) is 5.73 Å². The second-order valence-electron chi connectivity index (χ2n) is 12.7. The molecule has 1 aliphatic rings. The van der Waals surface area contributed by atoms with Gasteiger partial charge in [-0.05, 0) is 56.3 Å². The van der Waals surface area contributed by atoms with Crippen molar-refractivity contribution in [1.29, 1.82) is 0 Å². The molecule has 2 aromatic rings. The first-order valence-electron chi connectivity index (χ1n) is 17.5. The molecule has 0 bridgehead atoms. The van der Waals surface area contributed by atoms with Crippen molar-refractivity contribution in [2.24, 2.45) is 5.73 Å². The lowest BCUT2D eigenvalue weighted by Gasteiger charge is -2.26. The van der Waals surface area contributed by atoms with E-state index in [2.05, 4.69) is 44.5 Å². The van der Waals surface area contributed by atoms with Gasteiger partial charge in [-0.3, -0.25) is 28.8 Å². The fourth-order valence-corrected chi connectivity index (χ4v) is 5.98. The van der Waals surface area contributed by atoms with E-state index >= 15 is 0 Å². The summed E-state index contributed by atoms with van der Waals surface area (Å²) >= 11 is 4.20. The summed E-state index contributed by atoms with van der Waals surface area (Å²) in [6, 6.07) is 10.3. The molecule has 0 saturated carbocycles. The highest BCUT2D eigenvalue weighted by Gasteiger charge is 2.34. The summed E-state index contributed by atoms with van der Waals surface area (Å²) in [6.07, 6.45) is 1.49. The minimum atomic E-state index is -1.70. The average molecular weight is 756 g/mol.